The van der Waals surface area contributed by atoms with Crippen LogP contribution in [0.4, 0.5) is 8.78 Å². The Morgan fingerprint density at radius 3 is 2.61 bits per heavy atom. The summed E-state index contributed by atoms with van der Waals surface area (Å²) in [7, 11) is 0. The van der Waals surface area contributed by atoms with Crippen molar-refractivity contribution in [1.82, 2.24) is 10.3 Å². The first-order valence-corrected chi connectivity index (χ1v) is 8.92. The highest BCUT2D eigenvalue weighted by Gasteiger charge is 2.12. The van der Waals surface area contributed by atoms with Crippen LogP contribution in [0, 0.1) is 11.6 Å². The summed E-state index contributed by atoms with van der Waals surface area (Å²) >= 11 is 0. The van der Waals surface area contributed by atoms with Crippen molar-refractivity contribution in [2.75, 3.05) is 0 Å². The van der Waals surface area contributed by atoms with Crippen LogP contribution in [0.1, 0.15) is 30.5 Å². The van der Waals surface area contributed by atoms with E-state index >= 15 is 0 Å². The molecule has 4 nitrogen and oxygen atoms in total. The first kappa shape index (κ1) is 19.5. The second-order valence-corrected chi connectivity index (χ2v) is 6.38. The van der Waals surface area contributed by atoms with E-state index in [4.69, 9.17) is 4.74 Å². The number of pyridine rings is 1. The quantitative estimate of drug-likeness (QED) is 0.628. The Bertz CT molecular complexity index is 948. The van der Waals surface area contributed by atoms with E-state index in [1.165, 1.54) is 12.1 Å². The fourth-order valence-electron chi connectivity index (χ4n) is 2.76. The number of aromatic nitrogens is 1. The van der Waals surface area contributed by atoms with Crippen molar-refractivity contribution < 1.29 is 18.3 Å². The van der Waals surface area contributed by atoms with Gasteiger partial charge in [0.05, 0.1) is 6.04 Å². The van der Waals surface area contributed by atoms with Crippen molar-refractivity contribution in [2.24, 2.45) is 0 Å². The number of nitrogens with one attached hydrogen (secondary N) is 1. The van der Waals surface area contributed by atoms with E-state index in [9.17, 15) is 13.6 Å². The van der Waals surface area contributed by atoms with Gasteiger partial charge in [0.1, 0.15) is 23.1 Å². The van der Waals surface area contributed by atoms with Gasteiger partial charge in [0, 0.05) is 24.9 Å². The Balaban J connectivity index is 1.57. The van der Waals surface area contributed by atoms with Gasteiger partial charge in [0.15, 0.2) is 0 Å². The first-order valence-electron chi connectivity index (χ1n) is 8.92. The lowest BCUT2D eigenvalue weighted by atomic mass is 10.1. The molecule has 0 aliphatic rings. The molecule has 2 aromatic carbocycles. The van der Waals surface area contributed by atoms with Crippen LogP contribution in [0.25, 0.3) is 0 Å². The third-order valence-corrected chi connectivity index (χ3v) is 4.26. The van der Waals surface area contributed by atoms with Gasteiger partial charge in [-0.1, -0.05) is 18.2 Å². The summed E-state index contributed by atoms with van der Waals surface area (Å²) in [6.45, 7) is 1.86. The van der Waals surface area contributed by atoms with Gasteiger partial charge >= 0.3 is 0 Å². The van der Waals surface area contributed by atoms with Gasteiger partial charge in [-0.25, -0.2) is 8.78 Å². The molecule has 0 fully saturated rings. The predicted molar refractivity (Wildman–Crippen MR) is 102 cm³/mol. The van der Waals surface area contributed by atoms with E-state index in [0.29, 0.717) is 17.1 Å². The molecule has 0 saturated heterocycles. The number of nitrogens with zero attached hydrogens (tertiary/aromatic N) is 1. The maximum Gasteiger partial charge on any atom is 0.220 e. The molecule has 0 saturated carbocycles. The van der Waals surface area contributed by atoms with Gasteiger partial charge in [0.2, 0.25) is 5.91 Å². The second kappa shape index (κ2) is 9.08. The second-order valence-electron chi connectivity index (χ2n) is 6.38. The number of benzene rings is 2. The summed E-state index contributed by atoms with van der Waals surface area (Å²) in [6, 6.07) is 14.1. The minimum atomic E-state index is -0.637. The Morgan fingerprint density at radius 2 is 1.86 bits per heavy atom. The molecule has 0 bridgehead atoms. The molecule has 1 aromatic heterocycles. The van der Waals surface area contributed by atoms with E-state index in [0.717, 1.165) is 11.6 Å². The Labute approximate surface area is 162 Å². The Morgan fingerprint density at radius 1 is 1.07 bits per heavy atom. The first-order chi connectivity index (χ1) is 13.5. The lowest BCUT2D eigenvalue weighted by Crippen LogP contribution is -2.26. The van der Waals surface area contributed by atoms with Crippen LogP contribution in [0.2, 0.25) is 0 Å². The third kappa shape index (κ3) is 5.36. The average molecular weight is 382 g/mol. The highest BCUT2D eigenvalue weighted by atomic mass is 19.1. The summed E-state index contributed by atoms with van der Waals surface area (Å²) < 4.78 is 32.4. The maximum atomic E-state index is 13.7. The summed E-state index contributed by atoms with van der Waals surface area (Å²) in [5, 5.41) is 2.89. The summed E-state index contributed by atoms with van der Waals surface area (Å²) in [6.07, 6.45) is 3.61. The molecule has 3 rings (SSSR count). The Hall–Kier alpha value is -3.28. The van der Waals surface area contributed by atoms with Crippen molar-refractivity contribution in [3.63, 3.8) is 0 Å². The third-order valence-electron chi connectivity index (χ3n) is 4.26. The zero-order chi connectivity index (χ0) is 19.9. The van der Waals surface area contributed by atoms with Crippen molar-refractivity contribution in [3.05, 3.63) is 89.8 Å². The molecule has 0 aliphatic heterocycles. The van der Waals surface area contributed by atoms with E-state index in [2.05, 4.69) is 10.3 Å². The minimum absolute atomic E-state index is 0.111. The van der Waals surface area contributed by atoms with E-state index in [-0.39, 0.29) is 24.8 Å². The minimum Gasteiger partial charge on any atom is -0.457 e. The molecule has 1 atom stereocenters. The number of hydrogen-bond acceptors (Lipinski definition) is 3. The zero-order valence-corrected chi connectivity index (χ0v) is 15.4. The lowest BCUT2D eigenvalue weighted by Gasteiger charge is -2.16. The number of rotatable bonds is 7. The van der Waals surface area contributed by atoms with E-state index in [1.54, 1.807) is 24.5 Å². The smallest absolute Gasteiger partial charge is 0.220 e. The zero-order valence-electron chi connectivity index (χ0n) is 15.4. The van der Waals surface area contributed by atoms with Crippen LogP contribution in [-0.2, 0) is 11.2 Å². The normalized spacial score (nSPS) is 11.7. The van der Waals surface area contributed by atoms with Crippen LogP contribution in [0.15, 0.2) is 67.0 Å². The molecule has 1 N–H and O–H groups in total. The van der Waals surface area contributed by atoms with Crippen LogP contribution in [0.3, 0.4) is 0 Å². The molecule has 0 spiro atoms. The molecule has 0 unspecified atom stereocenters. The number of halogens is 2. The van der Waals surface area contributed by atoms with Crippen molar-refractivity contribution in [2.45, 2.75) is 25.8 Å². The van der Waals surface area contributed by atoms with Crippen LogP contribution >= 0.6 is 0 Å². The molecule has 0 aliphatic carbocycles. The number of amides is 1. The molecule has 0 radical (unpaired) electrons. The molecule has 1 heterocycles. The summed E-state index contributed by atoms with van der Waals surface area (Å²) in [5.41, 5.74) is 1.20. The van der Waals surface area contributed by atoms with Gasteiger partial charge in [-0.2, -0.15) is 0 Å². The number of aryl methyl sites for hydroxylation is 1. The SMILES string of the molecule is C[C@H](NC(=O)CCc1ccc(F)cc1F)c1cccc(Oc2ccncc2)c1. The van der Waals surface area contributed by atoms with Crippen molar-refractivity contribution >= 4 is 5.91 Å². The van der Waals surface area contributed by atoms with Gasteiger partial charge in [-0.3, -0.25) is 9.78 Å². The lowest BCUT2D eigenvalue weighted by molar-refractivity contribution is -0.121. The van der Waals surface area contributed by atoms with Crippen LogP contribution in [0.5, 0.6) is 11.5 Å². The fraction of sp³-hybridized carbons (Fsp3) is 0.182. The number of hydrogen-bond donors (Lipinski definition) is 1. The summed E-state index contributed by atoms with van der Waals surface area (Å²) in [5.74, 6) is -0.157. The molecule has 28 heavy (non-hydrogen) atoms. The van der Waals surface area contributed by atoms with E-state index in [1.807, 2.05) is 31.2 Å². The molecule has 6 heteroatoms. The maximum absolute atomic E-state index is 13.7. The topological polar surface area (TPSA) is 51.2 Å². The number of carbonyl (C=O) groups excluding carboxylic acids is 1. The Kier molecular flexibility index (Phi) is 6.32. The molecule has 144 valence electrons. The van der Waals surface area contributed by atoms with Gasteiger partial charge in [-0.05, 0) is 54.8 Å². The highest BCUT2D eigenvalue weighted by molar-refractivity contribution is 5.76. The van der Waals surface area contributed by atoms with Crippen LogP contribution < -0.4 is 10.1 Å². The van der Waals surface area contributed by atoms with Gasteiger partial charge < -0.3 is 10.1 Å². The highest BCUT2D eigenvalue weighted by Crippen LogP contribution is 2.24. The molecular weight excluding hydrogens is 362 g/mol. The average Bonchev–Trinajstić information content (AvgIpc) is 2.68. The van der Waals surface area contributed by atoms with Gasteiger partial charge in [0.25, 0.3) is 0 Å². The fourth-order valence-corrected chi connectivity index (χ4v) is 2.76. The molecular formula is C22H20F2N2O2. The predicted octanol–water partition coefficient (Wildman–Crippen LogP) is 4.96. The van der Waals surface area contributed by atoms with Crippen LogP contribution in [-0.4, -0.2) is 10.9 Å². The summed E-state index contributed by atoms with van der Waals surface area (Å²) in [4.78, 5) is 16.2. The van der Waals surface area contributed by atoms with E-state index < -0.39 is 11.6 Å². The number of ether oxygens (including phenoxy) is 1. The van der Waals surface area contributed by atoms with Gasteiger partial charge in [-0.15, -0.1) is 0 Å². The van der Waals surface area contributed by atoms with Crippen molar-refractivity contribution in [1.29, 1.82) is 0 Å². The number of carbonyl (C=O) groups is 1. The molecule has 3 aromatic rings. The standard InChI is InChI=1S/C22H20F2N2O2/c1-15(26-22(27)8-6-16-5-7-18(23)14-21(16)24)17-3-2-4-20(13-17)28-19-9-11-25-12-10-19/h2-5,7,9-15H,6,8H2,1H3,(H,26,27)/t15-/m0/s1. The van der Waals surface area contributed by atoms with Crippen molar-refractivity contribution in [3.8, 4) is 11.5 Å². The molecule has 1 amide bonds. The monoisotopic (exact) mass is 382 g/mol. The largest absolute Gasteiger partial charge is 0.457 e.